The number of hydrogen-bond acceptors (Lipinski definition) is 5. The molecule has 1 atom stereocenters. The first-order valence-electron chi connectivity index (χ1n) is 12.5. The van der Waals surface area contributed by atoms with E-state index in [1.165, 1.54) is 89.9 Å². The van der Waals surface area contributed by atoms with Crippen LogP contribution in [0.15, 0.2) is 0 Å². The summed E-state index contributed by atoms with van der Waals surface area (Å²) in [6, 6.07) is 0. The fourth-order valence-electron chi connectivity index (χ4n) is 3.50. The van der Waals surface area contributed by atoms with Gasteiger partial charge in [-0.1, -0.05) is 96.8 Å². The van der Waals surface area contributed by atoms with Crippen molar-refractivity contribution in [2.45, 2.75) is 116 Å². The number of ether oxygens (including phenoxy) is 2. The summed E-state index contributed by atoms with van der Waals surface area (Å²) in [7, 11) is 0. The maximum absolute atomic E-state index is 9.91. The molecule has 3 N–H and O–H groups in total. The van der Waals surface area contributed by atoms with E-state index in [0.717, 1.165) is 12.8 Å². The van der Waals surface area contributed by atoms with Gasteiger partial charge in [-0.2, -0.15) is 0 Å². The largest absolute Gasteiger partial charge is 0.394 e. The van der Waals surface area contributed by atoms with E-state index in [9.17, 15) is 5.11 Å². The van der Waals surface area contributed by atoms with Crippen LogP contribution >= 0.6 is 0 Å². The topological polar surface area (TPSA) is 71.0 Å². The van der Waals surface area contributed by atoms with E-state index < -0.39 is 6.23 Å². The lowest BCUT2D eigenvalue weighted by Crippen LogP contribution is -2.31. The van der Waals surface area contributed by atoms with Crippen molar-refractivity contribution < 1.29 is 19.7 Å². The van der Waals surface area contributed by atoms with Gasteiger partial charge in [0.25, 0.3) is 0 Å². The Labute approximate surface area is 180 Å². The molecule has 0 aromatic heterocycles. The summed E-state index contributed by atoms with van der Waals surface area (Å²) in [6.45, 7) is 4.94. The SMILES string of the molecule is CCCCCCCCCCCCCCCCC[C@H](O)NCCOCCOCCO. The molecule has 0 rings (SSSR count). The van der Waals surface area contributed by atoms with Gasteiger partial charge in [-0.25, -0.2) is 0 Å². The Kier molecular flexibility index (Phi) is 25.7. The number of aliphatic hydroxyl groups is 2. The number of nitrogens with one attached hydrogen (secondary N) is 1. The molecular formula is C24H51NO4. The molecule has 0 aromatic rings. The molecule has 5 nitrogen and oxygen atoms in total. The van der Waals surface area contributed by atoms with E-state index in [1.54, 1.807) is 0 Å². The standard InChI is InChI=1S/C24H51NO4/c1-2-3-4-5-6-7-8-9-10-11-12-13-14-15-16-17-24(27)25-18-20-28-22-23-29-21-19-26/h24-27H,2-23H2,1H3/t24-/m0/s1. The number of rotatable bonds is 25. The van der Waals surface area contributed by atoms with Gasteiger partial charge in [0.05, 0.1) is 33.0 Å². The van der Waals surface area contributed by atoms with Gasteiger partial charge in [-0.05, 0) is 12.8 Å². The highest BCUT2D eigenvalue weighted by Gasteiger charge is 2.02. The molecule has 29 heavy (non-hydrogen) atoms. The van der Waals surface area contributed by atoms with E-state index in [-0.39, 0.29) is 6.61 Å². The molecule has 0 unspecified atom stereocenters. The minimum atomic E-state index is -0.425. The Morgan fingerprint density at radius 3 is 1.55 bits per heavy atom. The lowest BCUT2D eigenvalue weighted by Gasteiger charge is -2.13. The highest BCUT2D eigenvalue weighted by Crippen LogP contribution is 2.13. The van der Waals surface area contributed by atoms with Gasteiger partial charge in [0, 0.05) is 6.54 Å². The zero-order valence-corrected chi connectivity index (χ0v) is 19.3. The quantitative estimate of drug-likeness (QED) is 0.141. The Morgan fingerprint density at radius 1 is 0.621 bits per heavy atom. The maximum atomic E-state index is 9.91. The maximum Gasteiger partial charge on any atom is 0.104 e. The fraction of sp³-hybridized carbons (Fsp3) is 1.00. The molecule has 0 saturated carbocycles. The Bertz CT molecular complexity index is 292. The van der Waals surface area contributed by atoms with Gasteiger partial charge in [-0.3, -0.25) is 5.32 Å². The molecule has 0 spiro atoms. The van der Waals surface area contributed by atoms with Crippen molar-refractivity contribution in [1.82, 2.24) is 5.32 Å². The fourth-order valence-corrected chi connectivity index (χ4v) is 3.50. The first-order valence-corrected chi connectivity index (χ1v) is 12.5. The van der Waals surface area contributed by atoms with E-state index in [1.807, 2.05) is 0 Å². The first-order chi connectivity index (χ1) is 14.3. The highest BCUT2D eigenvalue weighted by molar-refractivity contribution is 4.55. The predicted molar refractivity (Wildman–Crippen MR) is 122 cm³/mol. The van der Waals surface area contributed by atoms with Crippen molar-refractivity contribution in [2.24, 2.45) is 0 Å². The minimum Gasteiger partial charge on any atom is -0.394 e. The lowest BCUT2D eigenvalue weighted by atomic mass is 10.0. The second-order valence-electron chi connectivity index (χ2n) is 8.16. The Morgan fingerprint density at radius 2 is 1.07 bits per heavy atom. The summed E-state index contributed by atoms with van der Waals surface area (Å²) in [5.74, 6) is 0. The molecule has 0 aliphatic rings. The molecule has 0 bridgehead atoms. The zero-order chi connectivity index (χ0) is 21.3. The zero-order valence-electron chi connectivity index (χ0n) is 19.3. The summed E-state index contributed by atoms with van der Waals surface area (Å²) in [6.07, 6.45) is 20.9. The normalized spacial score (nSPS) is 12.5. The van der Waals surface area contributed by atoms with Crippen LogP contribution < -0.4 is 5.32 Å². The Balaban J connectivity index is 3.11. The smallest absolute Gasteiger partial charge is 0.104 e. The molecule has 0 aromatic carbocycles. The summed E-state index contributed by atoms with van der Waals surface area (Å²) in [5, 5.41) is 21.6. The monoisotopic (exact) mass is 417 g/mol. The molecule has 0 heterocycles. The van der Waals surface area contributed by atoms with Crippen molar-refractivity contribution in [2.75, 3.05) is 39.6 Å². The molecule has 0 aliphatic heterocycles. The van der Waals surface area contributed by atoms with Gasteiger partial charge in [0.15, 0.2) is 0 Å². The molecule has 5 heteroatoms. The first kappa shape index (κ1) is 28.8. The van der Waals surface area contributed by atoms with Gasteiger partial charge in [0.1, 0.15) is 6.23 Å². The van der Waals surface area contributed by atoms with Crippen LogP contribution in [0, 0.1) is 0 Å². The van der Waals surface area contributed by atoms with Gasteiger partial charge in [0.2, 0.25) is 0 Å². The average Bonchev–Trinajstić information content (AvgIpc) is 2.72. The third-order valence-electron chi connectivity index (χ3n) is 5.32. The van der Waals surface area contributed by atoms with Crippen LogP contribution in [0.4, 0.5) is 0 Å². The van der Waals surface area contributed by atoms with Crippen molar-refractivity contribution in [3.63, 3.8) is 0 Å². The average molecular weight is 418 g/mol. The Hall–Kier alpha value is -0.200. The second kappa shape index (κ2) is 25.8. The van der Waals surface area contributed by atoms with Crippen LogP contribution in [0.2, 0.25) is 0 Å². The second-order valence-corrected chi connectivity index (χ2v) is 8.16. The van der Waals surface area contributed by atoms with Gasteiger partial charge in [-0.15, -0.1) is 0 Å². The minimum absolute atomic E-state index is 0.0487. The summed E-state index contributed by atoms with van der Waals surface area (Å²) in [4.78, 5) is 0. The molecule has 176 valence electrons. The third-order valence-corrected chi connectivity index (χ3v) is 5.32. The van der Waals surface area contributed by atoms with Gasteiger partial charge >= 0.3 is 0 Å². The molecule has 0 saturated heterocycles. The van der Waals surface area contributed by atoms with Crippen molar-refractivity contribution in [3.05, 3.63) is 0 Å². The van der Waals surface area contributed by atoms with E-state index in [4.69, 9.17) is 14.6 Å². The molecule has 0 aliphatic carbocycles. The van der Waals surface area contributed by atoms with Crippen LogP contribution in [-0.2, 0) is 9.47 Å². The van der Waals surface area contributed by atoms with Crippen LogP contribution in [0.1, 0.15) is 110 Å². The summed E-state index contributed by atoms with van der Waals surface area (Å²) >= 11 is 0. The van der Waals surface area contributed by atoms with Crippen LogP contribution in [-0.4, -0.2) is 56.0 Å². The highest BCUT2D eigenvalue weighted by atomic mass is 16.5. The van der Waals surface area contributed by atoms with Crippen molar-refractivity contribution in [1.29, 1.82) is 0 Å². The predicted octanol–water partition coefficient (Wildman–Crippen LogP) is 5.18. The van der Waals surface area contributed by atoms with Crippen molar-refractivity contribution in [3.8, 4) is 0 Å². The van der Waals surface area contributed by atoms with E-state index in [2.05, 4.69) is 12.2 Å². The van der Waals surface area contributed by atoms with E-state index >= 15 is 0 Å². The molecule has 0 amide bonds. The third kappa shape index (κ3) is 25.8. The van der Waals surface area contributed by atoms with Crippen LogP contribution in [0.5, 0.6) is 0 Å². The van der Waals surface area contributed by atoms with Crippen molar-refractivity contribution >= 4 is 0 Å². The number of unbranched alkanes of at least 4 members (excludes halogenated alkanes) is 14. The summed E-state index contributed by atoms with van der Waals surface area (Å²) in [5.41, 5.74) is 0. The van der Waals surface area contributed by atoms with Crippen LogP contribution in [0.25, 0.3) is 0 Å². The number of aliphatic hydroxyl groups excluding tert-OH is 2. The lowest BCUT2D eigenvalue weighted by molar-refractivity contribution is 0.0295. The van der Waals surface area contributed by atoms with E-state index in [0.29, 0.717) is 33.0 Å². The molecule has 0 radical (unpaired) electrons. The molecular weight excluding hydrogens is 366 g/mol. The molecule has 0 fully saturated rings. The van der Waals surface area contributed by atoms with Crippen LogP contribution in [0.3, 0.4) is 0 Å². The van der Waals surface area contributed by atoms with Gasteiger partial charge < -0.3 is 19.7 Å². The summed E-state index contributed by atoms with van der Waals surface area (Å²) < 4.78 is 10.5. The number of hydrogen-bond donors (Lipinski definition) is 3.